The standard InChI is InChI=1S/C42H50O6/c1-27-23-36(40(2,3)4)38(37(24-27)41(5,6)7)48-39(43)35-25-28(35)26-47-42(29-11-17-32(44-8)18-12-29,30-13-19-33(45-9)20-14-30)31-15-21-34(46-10)22-16-31/h11-24,28,35H,25-26H2,1-10H3. The summed E-state index contributed by atoms with van der Waals surface area (Å²) >= 11 is 0. The third-order valence-corrected chi connectivity index (χ3v) is 9.28. The van der Waals surface area contributed by atoms with Crippen LogP contribution in [0.3, 0.4) is 0 Å². The molecule has 0 heterocycles. The van der Waals surface area contributed by atoms with Crippen molar-refractivity contribution in [3.63, 3.8) is 0 Å². The Kier molecular flexibility index (Phi) is 9.98. The van der Waals surface area contributed by atoms with Crippen LogP contribution in [0.4, 0.5) is 0 Å². The van der Waals surface area contributed by atoms with Gasteiger partial charge in [-0.1, -0.05) is 95.6 Å². The molecule has 2 unspecified atom stereocenters. The zero-order valence-corrected chi connectivity index (χ0v) is 30.1. The van der Waals surface area contributed by atoms with Crippen molar-refractivity contribution in [3.8, 4) is 23.0 Å². The fourth-order valence-electron chi connectivity index (χ4n) is 6.35. The average Bonchev–Trinajstić information content (AvgIpc) is 3.85. The van der Waals surface area contributed by atoms with Crippen LogP contribution in [0.1, 0.15) is 81.3 Å². The minimum absolute atomic E-state index is 0.00763. The summed E-state index contributed by atoms with van der Waals surface area (Å²) in [5, 5.41) is 0. The van der Waals surface area contributed by atoms with Crippen LogP contribution in [0.25, 0.3) is 0 Å². The molecule has 1 saturated carbocycles. The van der Waals surface area contributed by atoms with Crippen molar-refractivity contribution in [2.45, 2.75) is 71.3 Å². The second-order valence-electron chi connectivity index (χ2n) is 14.9. The number of benzene rings is 4. The molecule has 0 aliphatic heterocycles. The Balaban J connectivity index is 1.49. The van der Waals surface area contributed by atoms with Gasteiger partial charge in [-0.05, 0) is 83.2 Å². The van der Waals surface area contributed by atoms with Crippen molar-refractivity contribution in [3.05, 3.63) is 118 Å². The Hall–Kier alpha value is -4.29. The number of rotatable bonds is 11. The summed E-state index contributed by atoms with van der Waals surface area (Å²) in [5.41, 5.74) is 4.68. The summed E-state index contributed by atoms with van der Waals surface area (Å²) in [6.45, 7) is 15.4. The van der Waals surface area contributed by atoms with Gasteiger partial charge in [0.25, 0.3) is 0 Å². The van der Waals surface area contributed by atoms with Gasteiger partial charge in [-0.2, -0.15) is 0 Å². The first-order valence-corrected chi connectivity index (χ1v) is 16.7. The summed E-state index contributed by atoms with van der Waals surface area (Å²) in [6.07, 6.45) is 0.699. The number of carbonyl (C=O) groups excluding carboxylic acids is 1. The van der Waals surface area contributed by atoms with E-state index >= 15 is 0 Å². The van der Waals surface area contributed by atoms with Crippen molar-refractivity contribution < 1.29 is 28.5 Å². The molecular formula is C42H50O6. The topological polar surface area (TPSA) is 63.2 Å². The SMILES string of the molecule is COc1ccc(C(OCC2CC2C(=O)Oc2c(C(C)(C)C)cc(C)cc2C(C)(C)C)(c2ccc(OC)cc2)c2ccc(OC)cc2)cc1. The summed E-state index contributed by atoms with van der Waals surface area (Å²) < 4.78 is 29.9. The number of aryl methyl sites for hydroxylation is 1. The van der Waals surface area contributed by atoms with E-state index in [1.54, 1.807) is 21.3 Å². The van der Waals surface area contributed by atoms with Crippen molar-refractivity contribution in [1.29, 1.82) is 0 Å². The van der Waals surface area contributed by atoms with Crippen LogP contribution in [0.5, 0.6) is 23.0 Å². The fourth-order valence-corrected chi connectivity index (χ4v) is 6.35. The van der Waals surface area contributed by atoms with E-state index in [2.05, 4.69) is 60.6 Å². The molecule has 254 valence electrons. The number of carbonyl (C=O) groups is 1. The van der Waals surface area contributed by atoms with E-state index in [0.717, 1.165) is 50.6 Å². The summed E-state index contributed by atoms with van der Waals surface area (Å²) in [7, 11) is 4.97. The normalized spacial score (nSPS) is 16.3. The van der Waals surface area contributed by atoms with E-state index in [1.165, 1.54) is 0 Å². The van der Waals surface area contributed by atoms with Gasteiger partial charge in [0.15, 0.2) is 0 Å². The van der Waals surface area contributed by atoms with Crippen molar-refractivity contribution >= 4 is 5.97 Å². The number of methoxy groups -OCH3 is 3. The fraction of sp³-hybridized carbons (Fsp3) is 0.405. The quantitative estimate of drug-likeness (QED) is 0.0917. The van der Waals surface area contributed by atoms with Gasteiger partial charge in [0, 0.05) is 11.1 Å². The minimum Gasteiger partial charge on any atom is -0.497 e. The van der Waals surface area contributed by atoms with E-state index in [1.807, 2.05) is 72.8 Å². The molecule has 0 spiro atoms. The molecule has 4 aromatic rings. The average molecular weight is 651 g/mol. The van der Waals surface area contributed by atoms with Gasteiger partial charge in [-0.15, -0.1) is 0 Å². The maximum absolute atomic E-state index is 13.9. The summed E-state index contributed by atoms with van der Waals surface area (Å²) in [4.78, 5) is 13.9. The van der Waals surface area contributed by atoms with Gasteiger partial charge in [0.1, 0.15) is 28.6 Å². The van der Waals surface area contributed by atoms with Gasteiger partial charge in [0.2, 0.25) is 0 Å². The van der Waals surface area contributed by atoms with E-state index in [4.69, 9.17) is 23.7 Å². The summed E-state index contributed by atoms with van der Waals surface area (Å²) in [6, 6.07) is 28.2. The zero-order valence-electron chi connectivity index (χ0n) is 30.1. The highest BCUT2D eigenvalue weighted by Crippen LogP contribution is 2.48. The van der Waals surface area contributed by atoms with Crippen molar-refractivity contribution in [2.75, 3.05) is 27.9 Å². The Bertz CT molecular complexity index is 1560. The first kappa shape index (κ1) is 35.0. The van der Waals surface area contributed by atoms with Gasteiger partial charge < -0.3 is 23.7 Å². The van der Waals surface area contributed by atoms with Crippen LogP contribution in [-0.2, 0) is 26.0 Å². The smallest absolute Gasteiger partial charge is 0.314 e. The molecule has 0 aromatic heterocycles. The Morgan fingerprint density at radius 2 is 1.02 bits per heavy atom. The highest BCUT2D eigenvalue weighted by atomic mass is 16.5. The van der Waals surface area contributed by atoms with Gasteiger partial charge in [0.05, 0.1) is 33.9 Å². The molecule has 0 amide bonds. The molecule has 6 heteroatoms. The van der Waals surface area contributed by atoms with Crippen LogP contribution in [0.2, 0.25) is 0 Å². The maximum Gasteiger partial charge on any atom is 0.314 e. The molecule has 1 aliphatic carbocycles. The lowest BCUT2D eigenvalue weighted by Crippen LogP contribution is -2.34. The lowest BCUT2D eigenvalue weighted by Gasteiger charge is -2.36. The van der Waals surface area contributed by atoms with Gasteiger partial charge in [-0.25, -0.2) is 0 Å². The maximum atomic E-state index is 13.9. The third kappa shape index (κ3) is 7.24. The van der Waals surface area contributed by atoms with Crippen molar-refractivity contribution in [2.24, 2.45) is 11.8 Å². The zero-order chi connectivity index (χ0) is 34.9. The van der Waals surface area contributed by atoms with E-state index in [9.17, 15) is 4.79 Å². The Morgan fingerprint density at radius 1 is 0.646 bits per heavy atom. The Morgan fingerprint density at radius 3 is 1.35 bits per heavy atom. The number of esters is 1. The minimum atomic E-state index is -0.988. The molecule has 4 aromatic carbocycles. The molecule has 0 bridgehead atoms. The second-order valence-corrected chi connectivity index (χ2v) is 14.9. The molecule has 2 atom stereocenters. The molecule has 0 N–H and O–H groups in total. The molecule has 1 fully saturated rings. The predicted molar refractivity (Wildman–Crippen MR) is 191 cm³/mol. The number of hydrogen-bond acceptors (Lipinski definition) is 6. The first-order valence-electron chi connectivity index (χ1n) is 16.7. The molecule has 0 saturated heterocycles. The van der Waals surface area contributed by atoms with Crippen LogP contribution >= 0.6 is 0 Å². The van der Waals surface area contributed by atoms with Gasteiger partial charge in [-0.3, -0.25) is 4.79 Å². The molecule has 0 radical (unpaired) electrons. The molecule has 1 aliphatic rings. The molecular weight excluding hydrogens is 600 g/mol. The van der Waals surface area contributed by atoms with E-state index in [-0.39, 0.29) is 28.6 Å². The monoisotopic (exact) mass is 650 g/mol. The van der Waals surface area contributed by atoms with Crippen LogP contribution in [-0.4, -0.2) is 33.9 Å². The van der Waals surface area contributed by atoms with Gasteiger partial charge >= 0.3 is 5.97 Å². The van der Waals surface area contributed by atoms with Crippen LogP contribution in [0, 0.1) is 18.8 Å². The summed E-state index contributed by atoms with van der Waals surface area (Å²) in [5.74, 6) is 2.50. The highest BCUT2D eigenvalue weighted by molar-refractivity contribution is 5.79. The van der Waals surface area contributed by atoms with Crippen LogP contribution in [0.15, 0.2) is 84.9 Å². The molecule has 5 rings (SSSR count). The lowest BCUT2D eigenvalue weighted by molar-refractivity contribution is -0.136. The van der Waals surface area contributed by atoms with Crippen molar-refractivity contribution in [1.82, 2.24) is 0 Å². The van der Waals surface area contributed by atoms with Crippen LogP contribution < -0.4 is 18.9 Å². The number of ether oxygens (including phenoxy) is 5. The second kappa shape index (κ2) is 13.7. The van der Waals surface area contributed by atoms with E-state index in [0.29, 0.717) is 18.8 Å². The highest BCUT2D eigenvalue weighted by Gasteiger charge is 2.48. The molecule has 6 nitrogen and oxygen atoms in total. The lowest BCUT2D eigenvalue weighted by atomic mass is 9.78. The largest absolute Gasteiger partial charge is 0.497 e. The third-order valence-electron chi connectivity index (χ3n) is 9.28. The van der Waals surface area contributed by atoms with E-state index < -0.39 is 5.60 Å². The Labute approximate surface area is 286 Å². The first-order chi connectivity index (χ1) is 22.7. The number of hydrogen-bond donors (Lipinski definition) is 0. The molecule has 48 heavy (non-hydrogen) atoms. The predicted octanol–water partition coefficient (Wildman–Crippen LogP) is 9.17.